The number of aliphatic hydroxyl groups excluding tert-OH is 1. The van der Waals surface area contributed by atoms with Gasteiger partial charge in [0.15, 0.2) is 0 Å². The molecule has 0 aliphatic rings. The SMILES string of the molecule is COc1ccc(C[C@H](C(=O)O)N(CO)C(C)=O)cc1. The molecule has 0 saturated carbocycles. The van der Waals surface area contributed by atoms with Crippen molar-refractivity contribution in [1.29, 1.82) is 0 Å². The number of rotatable bonds is 6. The third kappa shape index (κ3) is 3.96. The quantitative estimate of drug-likeness (QED) is 0.732. The third-order valence-electron chi connectivity index (χ3n) is 2.81. The minimum absolute atomic E-state index is 0.124. The molecule has 1 atom stereocenters. The monoisotopic (exact) mass is 267 g/mol. The Hall–Kier alpha value is -2.08. The summed E-state index contributed by atoms with van der Waals surface area (Å²) in [5, 5.41) is 18.3. The molecule has 0 radical (unpaired) electrons. The normalized spacial score (nSPS) is 11.7. The molecular formula is C13H17NO5. The molecule has 104 valence electrons. The molecule has 0 spiro atoms. The first kappa shape index (κ1) is 15.0. The zero-order valence-corrected chi connectivity index (χ0v) is 10.9. The molecule has 0 fully saturated rings. The molecule has 1 amide bonds. The summed E-state index contributed by atoms with van der Waals surface area (Å²) in [5.41, 5.74) is 0.743. The van der Waals surface area contributed by atoms with Gasteiger partial charge in [0.2, 0.25) is 5.91 Å². The van der Waals surface area contributed by atoms with Gasteiger partial charge in [-0.25, -0.2) is 4.79 Å². The van der Waals surface area contributed by atoms with E-state index in [1.54, 1.807) is 24.3 Å². The average molecular weight is 267 g/mol. The van der Waals surface area contributed by atoms with Crippen molar-refractivity contribution in [3.05, 3.63) is 29.8 Å². The summed E-state index contributed by atoms with van der Waals surface area (Å²) in [7, 11) is 1.54. The van der Waals surface area contributed by atoms with E-state index in [-0.39, 0.29) is 6.42 Å². The van der Waals surface area contributed by atoms with E-state index >= 15 is 0 Å². The van der Waals surface area contributed by atoms with Gasteiger partial charge in [-0.1, -0.05) is 12.1 Å². The zero-order chi connectivity index (χ0) is 14.4. The van der Waals surface area contributed by atoms with Crippen LogP contribution in [-0.2, 0) is 16.0 Å². The van der Waals surface area contributed by atoms with E-state index in [0.717, 1.165) is 10.5 Å². The Bertz CT molecular complexity index is 443. The first-order valence-corrected chi connectivity index (χ1v) is 5.73. The van der Waals surface area contributed by atoms with Crippen LogP contribution in [0.25, 0.3) is 0 Å². The molecule has 0 unspecified atom stereocenters. The third-order valence-corrected chi connectivity index (χ3v) is 2.81. The second-order valence-corrected chi connectivity index (χ2v) is 4.04. The number of carbonyl (C=O) groups is 2. The lowest BCUT2D eigenvalue weighted by molar-refractivity contribution is -0.152. The molecule has 0 aliphatic heterocycles. The number of hydrogen-bond donors (Lipinski definition) is 2. The Morgan fingerprint density at radius 1 is 1.32 bits per heavy atom. The van der Waals surface area contributed by atoms with Crippen molar-refractivity contribution in [3.8, 4) is 5.75 Å². The van der Waals surface area contributed by atoms with Crippen LogP contribution in [0.5, 0.6) is 5.75 Å². The number of ether oxygens (including phenoxy) is 1. The Morgan fingerprint density at radius 3 is 2.26 bits per heavy atom. The number of nitrogens with zero attached hydrogens (tertiary/aromatic N) is 1. The van der Waals surface area contributed by atoms with E-state index < -0.39 is 24.6 Å². The van der Waals surface area contributed by atoms with E-state index in [1.807, 2.05) is 0 Å². The Morgan fingerprint density at radius 2 is 1.89 bits per heavy atom. The number of benzene rings is 1. The van der Waals surface area contributed by atoms with Crippen LogP contribution in [-0.4, -0.2) is 46.9 Å². The lowest BCUT2D eigenvalue weighted by Gasteiger charge is -2.25. The summed E-state index contributed by atoms with van der Waals surface area (Å²) < 4.78 is 5.01. The number of carboxylic acid groups (broad SMARTS) is 1. The summed E-state index contributed by atoms with van der Waals surface area (Å²) in [6.45, 7) is 0.600. The largest absolute Gasteiger partial charge is 0.497 e. The zero-order valence-electron chi connectivity index (χ0n) is 10.9. The van der Waals surface area contributed by atoms with Gasteiger partial charge in [-0.2, -0.15) is 0 Å². The highest BCUT2D eigenvalue weighted by molar-refractivity contribution is 5.82. The van der Waals surface area contributed by atoms with Crippen LogP contribution < -0.4 is 4.74 Å². The van der Waals surface area contributed by atoms with E-state index in [1.165, 1.54) is 14.0 Å². The molecule has 0 aliphatic carbocycles. The van der Waals surface area contributed by atoms with Crippen molar-refractivity contribution in [3.63, 3.8) is 0 Å². The van der Waals surface area contributed by atoms with Gasteiger partial charge in [0.05, 0.1) is 7.11 Å². The molecule has 0 aromatic heterocycles. The van der Waals surface area contributed by atoms with Gasteiger partial charge < -0.3 is 19.8 Å². The first-order valence-electron chi connectivity index (χ1n) is 5.73. The Labute approximate surface area is 111 Å². The van der Waals surface area contributed by atoms with Crippen molar-refractivity contribution in [1.82, 2.24) is 4.90 Å². The van der Waals surface area contributed by atoms with Crippen LogP contribution in [0.15, 0.2) is 24.3 Å². The summed E-state index contributed by atoms with van der Waals surface area (Å²) in [6, 6.07) is 5.79. The van der Waals surface area contributed by atoms with Crippen molar-refractivity contribution < 1.29 is 24.5 Å². The summed E-state index contributed by atoms with van der Waals surface area (Å²) >= 11 is 0. The smallest absolute Gasteiger partial charge is 0.326 e. The molecule has 0 heterocycles. The predicted octanol–water partition coefficient (Wildman–Crippen LogP) is 0.489. The van der Waals surface area contributed by atoms with Crippen molar-refractivity contribution in [2.75, 3.05) is 13.8 Å². The fraction of sp³-hybridized carbons (Fsp3) is 0.385. The topological polar surface area (TPSA) is 87.1 Å². The van der Waals surface area contributed by atoms with Gasteiger partial charge in [0.25, 0.3) is 0 Å². The molecule has 1 aromatic rings. The number of aliphatic carboxylic acids is 1. The highest BCUT2D eigenvalue weighted by Crippen LogP contribution is 2.15. The maximum Gasteiger partial charge on any atom is 0.326 e. The Kier molecular flexibility index (Phi) is 5.32. The molecule has 6 heteroatoms. The molecule has 0 saturated heterocycles. The number of amides is 1. The molecule has 6 nitrogen and oxygen atoms in total. The van der Waals surface area contributed by atoms with Crippen LogP contribution in [0.3, 0.4) is 0 Å². The van der Waals surface area contributed by atoms with Gasteiger partial charge in [-0.05, 0) is 17.7 Å². The second-order valence-electron chi connectivity index (χ2n) is 4.04. The average Bonchev–Trinajstić information content (AvgIpc) is 2.38. The lowest BCUT2D eigenvalue weighted by atomic mass is 10.0. The minimum Gasteiger partial charge on any atom is -0.497 e. The molecule has 2 N–H and O–H groups in total. The van der Waals surface area contributed by atoms with Crippen LogP contribution >= 0.6 is 0 Å². The number of hydrogen-bond acceptors (Lipinski definition) is 4. The molecule has 1 aromatic carbocycles. The highest BCUT2D eigenvalue weighted by atomic mass is 16.5. The standard InChI is InChI=1S/C13H17NO5/c1-9(16)14(8-15)12(13(17)18)7-10-3-5-11(19-2)6-4-10/h3-6,12,15H,7-8H2,1-2H3,(H,17,18)/t12-/m1/s1. The number of carbonyl (C=O) groups excluding carboxylic acids is 1. The van der Waals surface area contributed by atoms with Gasteiger partial charge in [-0.3, -0.25) is 4.79 Å². The number of aliphatic hydroxyl groups is 1. The van der Waals surface area contributed by atoms with Crippen molar-refractivity contribution in [2.45, 2.75) is 19.4 Å². The van der Waals surface area contributed by atoms with Crippen LogP contribution in [0.1, 0.15) is 12.5 Å². The lowest BCUT2D eigenvalue weighted by Crippen LogP contribution is -2.45. The number of methoxy groups -OCH3 is 1. The summed E-state index contributed by atoms with van der Waals surface area (Å²) in [6.07, 6.45) is 0.124. The molecular weight excluding hydrogens is 250 g/mol. The van der Waals surface area contributed by atoms with Crippen molar-refractivity contribution >= 4 is 11.9 Å². The molecule has 0 bridgehead atoms. The fourth-order valence-electron chi connectivity index (χ4n) is 1.73. The molecule has 1 rings (SSSR count). The van der Waals surface area contributed by atoms with Gasteiger partial charge >= 0.3 is 5.97 Å². The van der Waals surface area contributed by atoms with Gasteiger partial charge in [0.1, 0.15) is 18.5 Å². The predicted molar refractivity (Wildman–Crippen MR) is 67.7 cm³/mol. The molecule has 19 heavy (non-hydrogen) atoms. The van der Waals surface area contributed by atoms with E-state index in [0.29, 0.717) is 5.75 Å². The van der Waals surface area contributed by atoms with E-state index in [9.17, 15) is 9.59 Å². The van der Waals surface area contributed by atoms with Gasteiger partial charge in [-0.15, -0.1) is 0 Å². The van der Waals surface area contributed by atoms with Crippen LogP contribution in [0, 0.1) is 0 Å². The highest BCUT2D eigenvalue weighted by Gasteiger charge is 2.27. The van der Waals surface area contributed by atoms with E-state index in [2.05, 4.69) is 0 Å². The van der Waals surface area contributed by atoms with Gasteiger partial charge in [0, 0.05) is 13.3 Å². The maximum absolute atomic E-state index is 11.3. The van der Waals surface area contributed by atoms with Crippen molar-refractivity contribution in [2.24, 2.45) is 0 Å². The fourth-order valence-corrected chi connectivity index (χ4v) is 1.73. The maximum atomic E-state index is 11.3. The second kappa shape index (κ2) is 6.75. The summed E-state index contributed by atoms with van der Waals surface area (Å²) in [5.74, 6) is -0.968. The van der Waals surface area contributed by atoms with Crippen LogP contribution in [0.2, 0.25) is 0 Å². The Balaban J connectivity index is 2.88. The number of carboxylic acids is 1. The summed E-state index contributed by atoms with van der Waals surface area (Å²) in [4.78, 5) is 23.4. The van der Waals surface area contributed by atoms with Crippen LogP contribution in [0.4, 0.5) is 0 Å². The first-order chi connectivity index (χ1) is 8.99. The minimum atomic E-state index is -1.15. The van der Waals surface area contributed by atoms with E-state index in [4.69, 9.17) is 14.9 Å².